The van der Waals surface area contributed by atoms with Gasteiger partial charge in [-0.25, -0.2) is 0 Å². The molecule has 0 bridgehead atoms. The van der Waals surface area contributed by atoms with Gasteiger partial charge in [-0.05, 0) is 48.2 Å². The van der Waals surface area contributed by atoms with Gasteiger partial charge >= 0.3 is 0 Å². The lowest BCUT2D eigenvalue weighted by Crippen LogP contribution is -2.47. The van der Waals surface area contributed by atoms with Crippen molar-refractivity contribution in [2.45, 2.75) is 38.3 Å². The molecule has 2 rings (SSSR count). The van der Waals surface area contributed by atoms with Crippen LogP contribution in [0.5, 0.6) is 0 Å². The fourth-order valence-corrected chi connectivity index (χ4v) is 3.02. The molecule has 0 amide bonds. The Morgan fingerprint density at radius 1 is 1.62 bits per heavy atom. The van der Waals surface area contributed by atoms with Crippen molar-refractivity contribution in [3.05, 3.63) is 20.8 Å². The van der Waals surface area contributed by atoms with Gasteiger partial charge in [0.15, 0.2) is 0 Å². The Balaban J connectivity index is 1.85. The van der Waals surface area contributed by atoms with Crippen molar-refractivity contribution >= 4 is 27.3 Å². The fourth-order valence-electron chi connectivity index (χ4n) is 1.63. The van der Waals surface area contributed by atoms with Crippen LogP contribution < -0.4 is 5.32 Å². The van der Waals surface area contributed by atoms with Crippen LogP contribution >= 0.6 is 27.3 Å². The first-order valence-electron chi connectivity index (χ1n) is 4.66. The maximum Gasteiger partial charge on any atom is 0.0305 e. The summed E-state index contributed by atoms with van der Waals surface area (Å²) in [5.74, 6) is 0. The molecular weight excluding hydrogens is 246 g/mol. The molecule has 0 radical (unpaired) electrons. The lowest BCUT2D eigenvalue weighted by molar-refractivity contribution is 0.207. The van der Waals surface area contributed by atoms with E-state index in [0.29, 0.717) is 5.54 Å². The normalized spacial score (nSPS) is 19.8. The van der Waals surface area contributed by atoms with E-state index in [1.807, 2.05) is 11.3 Å². The Bertz CT molecular complexity index is 291. The van der Waals surface area contributed by atoms with E-state index in [4.69, 9.17) is 0 Å². The highest BCUT2D eigenvalue weighted by Gasteiger charge is 2.30. The average molecular weight is 260 g/mol. The molecule has 1 nitrogen and oxygen atoms in total. The maximum atomic E-state index is 3.61. The molecule has 72 valence electrons. The van der Waals surface area contributed by atoms with Crippen LogP contribution in [0.3, 0.4) is 0 Å². The van der Waals surface area contributed by atoms with Crippen LogP contribution in [0.25, 0.3) is 0 Å². The van der Waals surface area contributed by atoms with Gasteiger partial charge in [-0.1, -0.05) is 0 Å². The molecule has 1 aromatic heterocycles. The van der Waals surface area contributed by atoms with E-state index in [1.165, 1.54) is 28.6 Å². The second kappa shape index (κ2) is 3.71. The summed E-state index contributed by atoms with van der Waals surface area (Å²) in [5, 5.41) is 5.75. The van der Waals surface area contributed by atoms with E-state index in [1.54, 1.807) is 0 Å². The second-order valence-electron chi connectivity index (χ2n) is 4.00. The quantitative estimate of drug-likeness (QED) is 0.876. The van der Waals surface area contributed by atoms with Crippen LogP contribution in [0.4, 0.5) is 0 Å². The van der Waals surface area contributed by atoms with Crippen molar-refractivity contribution in [2.24, 2.45) is 0 Å². The van der Waals surface area contributed by atoms with Gasteiger partial charge in [-0.2, -0.15) is 0 Å². The molecular formula is C10H14BrNS. The molecule has 1 heterocycles. The van der Waals surface area contributed by atoms with Gasteiger partial charge in [0.2, 0.25) is 0 Å². The summed E-state index contributed by atoms with van der Waals surface area (Å²) in [4.78, 5) is 1.42. The molecule has 1 aromatic rings. The summed E-state index contributed by atoms with van der Waals surface area (Å²) in [6, 6.07) is 2.19. The van der Waals surface area contributed by atoms with Crippen molar-refractivity contribution in [1.82, 2.24) is 5.32 Å². The van der Waals surface area contributed by atoms with Crippen LogP contribution in [0.1, 0.15) is 31.1 Å². The van der Waals surface area contributed by atoms with Gasteiger partial charge in [-0.15, -0.1) is 11.3 Å². The number of rotatable bonds is 3. The second-order valence-corrected chi connectivity index (χ2v) is 5.91. The monoisotopic (exact) mass is 259 g/mol. The Morgan fingerprint density at radius 3 is 2.85 bits per heavy atom. The Labute approximate surface area is 91.7 Å². The molecule has 0 atom stereocenters. The van der Waals surface area contributed by atoms with Crippen LogP contribution in [0.2, 0.25) is 0 Å². The summed E-state index contributed by atoms with van der Waals surface area (Å²) in [5.41, 5.74) is 0.427. The zero-order chi connectivity index (χ0) is 9.31. The summed E-state index contributed by atoms with van der Waals surface area (Å²) in [6.07, 6.45) is 4.05. The number of nitrogens with one attached hydrogen (secondary N) is 1. The third-order valence-corrected chi connectivity index (χ3v) is 4.47. The maximum absolute atomic E-state index is 3.61. The molecule has 1 aliphatic carbocycles. The highest BCUT2D eigenvalue weighted by molar-refractivity contribution is 9.10. The van der Waals surface area contributed by atoms with E-state index in [0.717, 1.165) is 6.54 Å². The molecule has 1 saturated carbocycles. The summed E-state index contributed by atoms with van der Waals surface area (Å²) >= 11 is 5.28. The van der Waals surface area contributed by atoms with Crippen LogP contribution in [-0.4, -0.2) is 5.54 Å². The first kappa shape index (κ1) is 9.69. The van der Waals surface area contributed by atoms with E-state index in [2.05, 4.69) is 39.6 Å². The first-order valence-corrected chi connectivity index (χ1v) is 6.33. The number of hydrogen-bond donors (Lipinski definition) is 1. The van der Waals surface area contributed by atoms with Crippen LogP contribution in [0, 0.1) is 0 Å². The van der Waals surface area contributed by atoms with E-state index in [9.17, 15) is 0 Å². The largest absolute Gasteiger partial charge is 0.307 e. The standard InChI is InChI=1S/C10H14BrNS/c1-10(3-2-4-10)12-6-9-5-8(11)7-13-9/h5,7,12H,2-4,6H2,1H3. The lowest BCUT2D eigenvalue weighted by atomic mass is 9.78. The Hall–Kier alpha value is 0.140. The van der Waals surface area contributed by atoms with E-state index >= 15 is 0 Å². The van der Waals surface area contributed by atoms with Crippen molar-refractivity contribution in [2.75, 3.05) is 0 Å². The highest BCUT2D eigenvalue weighted by Crippen LogP contribution is 2.31. The van der Waals surface area contributed by atoms with Crippen molar-refractivity contribution in [3.8, 4) is 0 Å². The molecule has 0 spiro atoms. The molecule has 1 aliphatic rings. The first-order chi connectivity index (χ1) is 6.18. The Morgan fingerprint density at radius 2 is 2.38 bits per heavy atom. The molecule has 0 aromatic carbocycles. The van der Waals surface area contributed by atoms with E-state index < -0.39 is 0 Å². The highest BCUT2D eigenvalue weighted by atomic mass is 79.9. The average Bonchev–Trinajstić information content (AvgIpc) is 2.44. The van der Waals surface area contributed by atoms with Gasteiger partial charge in [0.05, 0.1) is 0 Å². The number of thiophene rings is 1. The van der Waals surface area contributed by atoms with Crippen LogP contribution in [0.15, 0.2) is 15.9 Å². The van der Waals surface area contributed by atoms with Gasteiger partial charge in [0.1, 0.15) is 0 Å². The van der Waals surface area contributed by atoms with E-state index in [-0.39, 0.29) is 0 Å². The molecule has 0 saturated heterocycles. The predicted molar refractivity (Wildman–Crippen MR) is 61.1 cm³/mol. The third-order valence-electron chi connectivity index (χ3n) is 2.77. The molecule has 0 unspecified atom stereocenters. The van der Waals surface area contributed by atoms with Gasteiger partial charge in [0, 0.05) is 26.8 Å². The number of hydrogen-bond acceptors (Lipinski definition) is 2. The molecule has 13 heavy (non-hydrogen) atoms. The van der Waals surface area contributed by atoms with Crippen molar-refractivity contribution in [1.29, 1.82) is 0 Å². The predicted octanol–water partition coefficient (Wildman–Crippen LogP) is 3.54. The lowest BCUT2D eigenvalue weighted by Gasteiger charge is -2.39. The molecule has 0 aliphatic heterocycles. The molecule has 1 N–H and O–H groups in total. The fraction of sp³-hybridized carbons (Fsp3) is 0.600. The van der Waals surface area contributed by atoms with Crippen molar-refractivity contribution < 1.29 is 0 Å². The minimum atomic E-state index is 0.427. The smallest absolute Gasteiger partial charge is 0.0305 e. The minimum absolute atomic E-state index is 0.427. The van der Waals surface area contributed by atoms with Gasteiger partial charge in [-0.3, -0.25) is 0 Å². The zero-order valence-corrected chi connectivity index (χ0v) is 10.2. The minimum Gasteiger partial charge on any atom is -0.307 e. The molecule has 3 heteroatoms. The summed E-state index contributed by atoms with van der Waals surface area (Å²) < 4.78 is 1.20. The number of halogens is 1. The topological polar surface area (TPSA) is 12.0 Å². The SMILES string of the molecule is CC1(NCc2cc(Br)cs2)CCC1. The molecule has 1 fully saturated rings. The summed E-state index contributed by atoms with van der Waals surface area (Å²) in [6.45, 7) is 3.34. The Kier molecular flexibility index (Phi) is 2.77. The van der Waals surface area contributed by atoms with Gasteiger partial charge < -0.3 is 5.32 Å². The third kappa shape index (κ3) is 2.33. The van der Waals surface area contributed by atoms with Crippen LogP contribution in [-0.2, 0) is 6.54 Å². The van der Waals surface area contributed by atoms with Crippen molar-refractivity contribution in [3.63, 3.8) is 0 Å². The zero-order valence-electron chi connectivity index (χ0n) is 7.77. The summed E-state index contributed by atoms with van der Waals surface area (Å²) in [7, 11) is 0. The van der Waals surface area contributed by atoms with Gasteiger partial charge in [0.25, 0.3) is 0 Å².